The summed E-state index contributed by atoms with van der Waals surface area (Å²) in [5, 5.41) is 1.26. The van der Waals surface area contributed by atoms with Gasteiger partial charge in [-0.25, -0.2) is 0 Å². The van der Waals surface area contributed by atoms with E-state index in [0.29, 0.717) is 0 Å². The highest BCUT2D eigenvalue weighted by molar-refractivity contribution is 5.88. The molecule has 1 heteroatoms. The van der Waals surface area contributed by atoms with Crippen molar-refractivity contribution >= 4 is 17.0 Å². The molecular weight excluding hydrogens is 158 g/mol. The van der Waals surface area contributed by atoms with Gasteiger partial charge in [0.1, 0.15) is 0 Å². The summed E-state index contributed by atoms with van der Waals surface area (Å²) in [6.45, 7) is 5.94. The van der Waals surface area contributed by atoms with E-state index in [0.717, 1.165) is 6.42 Å². The highest BCUT2D eigenvalue weighted by atomic mass is 14.7. The van der Waals surface area contributed by atoms with Crippen LogP contribution in [0.3, 0.4) is 0 Å². The molecule has 0 unspecified atom stereocenters. The van der Waals surface area contributed by atoms with Gasteiger partial charge < -0.3 is 4.98 Å². The summed E-state index contributed by atoms with van der Waals surface area (Å²) in [6, 6.07) is 6.52. The highest BCUT2D eigenvalue weighted by Gasteiger charge is 1.99. The average Bonchev–Trinajstić information content (AvgIpc) is 2.59. The Morgan fingerprint density at radius 3 is 3.00 bits per heavy atom. The normalized spacial score (nSPS) is 10.5. The number of H-pyrrole nitrogens is 1. The van der Waals surface area contributed by atoms with E-state index in [2.05, 4.69) is 36.7 Å². The highest BCUT2D eigenvalue weighted by Crippen LogP contribution is 2.20. The summed E-state index contributed by atoms with van der Waals surface area (Å²) in [5.74, 6) is 0. The maximum Gasteiger partial charge on any atom is 0.0462 e. The van der Waals surface area contributed by atoms with Crippen LogP contribution in [0.1, 0.15) is 18.1 Å². The van der Waals surface area contributed by atoms with Gasteiger partial charge in [-0.05, 0) is 23.6 Å². The Kier molecular flexibility index (Phi) is 1.93. The topological polar surface area (TPSA) is 15.8 Å². The number of rotatable bonds is 2. The van der Waals surface area contributed by atoms with Gasteiger partial charge in [-0.15, -0.1) is 0 Å². The molecule has 13 heavy (non-hydrogen) atoms. The number of benzene rings is 1. The van der Waals surface area contributed by atoms with Crippen LogP contribution in [0.4, 0.5) is 0 Å². The molecule has 0 spiro atoms. The molecule has 0 amide bonds. The Bertz CT molecular complexity index is 437. The van der Waals surface area contributed by atoms with Crippen molar-refractivity contribution < 1.29 is 0 Å². The fraction of sp³-hybridized carbons (Fsp3) is 0.167. The monoisotopic (exact) mass is 171 g/mol. The van der Waals surface area contributed by atoms with E-state index in [9.17, 15) is 0 Å². The molecule has 2 aromatic rings. The first-order chi connectivity index (χ1) is 6.35. The molecule has 1 aromatic carbocycles. The molecule has 66 valence electrons. The zero-order valence-electron chi connectivity index (χ0n) is 7.80. The van der Waals surface area contributed by atoms with E-state index in [-0.39, 0.29) is 0 Å². The third-order valence-electron chi connectivity index (χ3n) is 2.41. The Morgan fingerprint density at radius 2 is 2.31 bits per heavy atom. The molecule has 1 heterocycles. The number of fused-ring (bicyclic) bond motifs is 1. The van der Waals surface area contributed by atoms with Crippen LogP contribution in [0.25, 0.3) is 17.0 Å². The molecule has 0 atom stereocenters. The van der Waals surface area contributed by atoms with Crippen molar-refractivity contribution in [2.45, 2.75) is 13.3 Å². The molecular formula is C12H13N. The molecule has 0 aliphatic carbocycles. The molecule has 1 N–H and O–H groups in total. The van der Waals surface area contributed by atoms with Crippen molar-refractivity contribution in [3.63, 3.8) is 0 Å². The Labute approximate surface area is 78.1 Å². The standard InChI is InChI=1S/C12H13N/c1-3-9-5-6-11-10(4-2)8-13-12(11)7-9/h4-8,13H,2-3H2,1H3. The van der Waals surface area contributed by atoms with Crippen LogP contribution < -0.4 is 0 Å². The van der Waals surface area contributed by atoms with Crippen molar-refractivity contribution in [2.24, 2.45) is 0 Å². The predicted molar refractivity (Wildman–Crippen MR) is 57.8 cm³/mol. The van der Waals surface area contributed by atoms with Gasteiger partial charge >= 0.3 is 0 Å². The van der Waals surface area contributed by atoms with E-state index < -0.39 is 0 Å². The van der Waals surface area contributed by atoms with E-state index in [1.807, 2.05) is 12.3 Å². The minimum atomic E-state index is 1.08. The first-order valence-electron chi connectivity index (χ1n) is 4.57. The lowest BCUT2D eigenvalue weighted by atomic mass is 10.1. The van der Waals surface area contributed by atoms with Crippen molar-refractivity contribution in [2.75, 3.05) is 0 Å². The van der Waals surface area contributed by atoms with Gasteiger partial charge in [-0.2, -0.15) is 0 Å². The maximum absolute atomic E-state index is 3.78. The molecule has 0 aliphatic heterocycles. The van der Waals surface area contributed by atoms with Gasteiger partial charge in [0.15, 0.2) is 0 Å². The van der Waals surface area contributed by atoms with Crippen LogP contribution in [0.15, 0.2) is 31.0 Å². The van der Waals surface area contributed by atoms with Crippen LogP contribution in [-0.4, -0.2) is 4.98 Å². The van der Waals surface area contributed by atoms with Gasteiger partial charge in [-0.1, -0.05) is 31.7 Å². The number of aryl methyl sites for hydroxylation is 1. The summed E-state index contributed by atoms with van der Waals surface area (Å²) in [6.07, 6.45) is 4.96. The van der Waals surface area contributed by atoms with Gasteiger partial charge in [-0.3, -0.25) is 0 Å². The molecule has 0 aliphatic rings. The van der Waals surface area contributed by atoms with Crippen LogP contribution in [-0.2, 0) is 6.42 Å². The smallest absolute Gasteiger partial charge is 0.0462 e. The third kappa shape index (κ3) is 1.26. The zero-order valence-corrected chi connectivity index (χ0v) is 7.80. The first kappa shape index (κ1) is 8.11. The largest absolute Gasteiger partial charge is 0.361 e. The minimum Gasteiger partial charge on any atom is -0.361 e. The van der Waals surface area contributed by atoms with Crippen molar-refractivity contribution in [1.29, 1.82) is 0 Å². The van der Waals surface area contributed by atoms with Crippen molar-refractivity contribution in [3.8, 4) is 0 Å². The summed E-state index contributed by atoms with van der Waals surface area (Å²) in [4.78, 5) is 3.24. The lowest BCUT2D eigenvalue weighted by molar-refractivity contribution is 1.14. The second-order valence-corrected chi connectivity index (χ2v) is 3.18. The molecule has 0 bridgehead atoms. The number of aromatic nitrogens is 1. The first-order valence-corrected chi connectivity index (χ1v) is 4.57. The Balaban J connectivity index is 2.67. The van der Waals surface area contributed by atoms with Crippen LogP contribution >= 0.6 is 0 Å². The quantitative estimate of drug-likeness (QED) is 0.713. The second kappa shape index (κ2) is 3.09. The van der Waals surface area contributed by atoms with Gasteiger partial charge in [0.2, 0.25) is 0 Å². The van der Waals surface area contributed by atoms with Gasteiger partial charge in [0, 0.05) is 17.1 Å². The predicted octanol–water partition coefficient (Wildman–Crippen LogP) is 3.37. The average molecular weight is 171 g/mol. The van der Waals surface area contributed by atoms with Gasteiger partial charge in [0.25, 0.3) is 0 Å². The summed E-state index contributed by atoms with van der Waals surface area (Å²) >= 11 is 0. The molecule has 1 aromatic heterocycles. The minimum absolute atomic E-state index is 1.08. The fourth-order valence-electron chi connectivity index (χ4n) is 1.58. The lowest BCUT2D eigenvalue weighted by Crippen LogP contribution is -1.78. The molecule has 1 nitrogen and oxygen atoms in total. The molecule has 0 radical (unpaired) electrons. The fourth-order valence-corrected chi connectivity index (χ4v) is 1.58. The van der Waals surface area contributed by atoms with E-state index in [1.165, 1.54) is 22.0 Å². The Hall–Kier alpha value is -1.50. The number of nitrogens with one attached hydrogen (secondary N) is 1. The third-order valence-corrected chi connectivity index (χ3v) is 2.41. The SMILES string of the molecule is C=Cc1c[nH]c2cc(CC)ccc12. The summed E-state index contributed by atoms with van der Waals surface area (Å²) in [5.41, 5.74) is 3.75. The van der Waals surface area contributed by atoms with E-state index in [4.69, 9.17) is 0 Å². The molecule has 0 saturated carbocycles. The van der Waals surface area contributed by atoms with Crippen molar-refractivity contribution in [1.82, 2.24) is 4.98 Å². The van der Waals surface area contributed by atoms with Crippen LogP contribution in [0.5, 0.6) is 0 Å². The maximum atomic E-state index is 3.78. The van der Waals surface area contributed by atoms with Gasteiger partial charge in [0.05, 0.1) is 0 Å². The van der Waals surface area contributed by atoms with Crippen LogP contribution in [0.2, 0.25) is 0 Å². The van der Waals surface area contributed by atoms with Crippen LogP contribution in [0, 0.1) is 0 Å². The number of hydrogen-bond donors (Lipinski definition) is 1. The second-order valence-electron chi connectivity index (χ2n) is 3.18. The summed E-state index contributed by atoms with van der Waals surface area (Å²) in [7, 11) is 0. The Morgan fingerprint density at radius 1 is 1.46 bits per heavy atom. The van der Waals surface area contributed by atoms with E-state index >= 15 is 0 Å². The van der Waals surface area contributed by atoms with Crippen molar-refractivity contribution in [3.05, 3.63) is 42.1 Å². The molecule has 0 saturated heterocycles. The summed E-state index contributed by atoms with van der Waals surface area (Å²) < 4.78 is 0. The molecule has 2 rings (SSSR count). The zero-order chi connectivity index (χ0) is 9.26. The van der Waals surface area contributed by atoms with E-state index in [1.54, 1.807) is 0 Å². The lowest BCUT2D eigenvalue weighted by Gasteiger charge is -1.96. The number of aromatic amines is 1. The number of hydrogen-bond acceptors (Lipinski definition) is 0. The molecule has 0 fully saturated rings.